The van der Waals surface area contributed by atoms with E-state index in [1.165, 1.54) is 12.1 Å². The van der Waals surface area contributed by atoms with Crippen LogP contribution < -0.4 is 5.32 Å². The van der Waals surface area contributed by atoms with Gasteiger partial charge in [-0.05, 0) is 36.4 Å². The van der Waals surface area contributed by atoms with Crippen LogP contribution in [0.3, 0.4) is 0 Å². The van der Waals surface area contributed by atoms with Gasteiger partial charge in [-0.3, -0.25) is 4.98 Å². The lowest BCUT2D eigenvalue weighted by atomic mass is 10.1. The molecule has 1 N–H and O–H groups in total. The standard InChI is InChI=1S/C18H15FN4/c1-2-9-21-17-11-16(13-5-7-15(19)8-6-13)22-18(23-17)14-4-3-10-20-12-14/h2-8,10-12H,1,9H2,(H,21,22,23). The topological polar surface area (TPSA) is 50.7 Å². The molecule has 0 aliphatic heterocycles. The van der Waals surface area contributed by atoms with E-state index < -0.39 is 0 Å². The molecule has 0 bridgehead atoms. The summed E-state index contributed by atoms with van der Waals surface area (Å²) in [5.41, 5.74) is 2.35. The number of anilines is 1. The van der Waals surface area contributed by atoms with Crippen LogP contribution in [-0.2, 0) is 0 Å². The summed E-state index contributed by atoms with van der Waals surface area (Å²) in [6.07, 6.45) is 5.16. The number of benzene rings is 1. The molecule has 0 saturated heterocycles. The fourth-order valence-corrected chi connectivity index (χ4v) is 2.11. The Bertz CT molecular complexity index is 801. The molecular weight excluding hydrogens is 291 g/mol. The van der Waals surface area contributed by atoms with E-state index >= 15 is 0 Å². The van der Waals surface area contributed by atoms with Gasteiger partial charge in [0.25, 0.3) is 0 Å². The Morgan fingerprint density at radius 3 is 2.61 bits per heavy atom. The van der Waals surface area contributed by atoms with Crippen molar-refractivity contribution in [1.82, 2.24) is 15.0 Å². The predicted molar refractivity (Wildman–Crippen MR) is 89.3 cm³/mol. The molecule has 1 aromatic carbocycles. The SMILES string of the molecule is C=CCNc1cc(-c2ccc(F)cc2)nc(-c2cccnc2)n1. The Hall–Kier alpha value is -3.08. The average Bonchev–Trinajstić information content (AvgIpc) is 2.61. The van der Waals surface area contributed by atoms with E-state index in [2.05, 4.69) is 26.8 Å². The van der Waals surface area contributed by atoms with Crippen molar-refractivity contribution in [3.8, 4) is 22.6 Å². The Labute approximate surface area is 133 Å². The van der Waals surface area contributed by atoms with Crippen LogP contribution in [-0.4, -0.2) is 21.5 Å². The van der Waals surface area contributed by atoms with Gasteiger partial charge in [0.05, 0.1) is 5.69 Å². The third kappa shape index (κ3) is 3.58. The Morgan fingerprint density at radius 1 is 1.09 bits per heavy atom. The van der Waals surface area contributed by atoms with Gasteiger partial charge in [-0.1, -0.05) is 6.08 Å². The van der Waals surface area contributed by atoms with Crippen LogP contribution in [0.4, 0.5) is 10.2 Å². The van der Waals surface area contributed by atoms with Crippen LogP contribution in [0.1, 0.15) is 0 Å². The minimum absolute atomic E-state index is 0.278. The maximum Gasteiger partial charge on any atom is 0.163 e. The molecule has 0 radical (unpaired) electrons. The highest BCUT2D eigenvalue weighted by atomic mass is 19.1. The molecule has 0 aliphatic carbocycles. The molecular formula is C18H15FN4. The van der Waals surface area contributed by atoms with Crippen molar-refractivity contribution in [3.63, 3.8) is 0 Å². The Balaban J connectivity index is 2.07. The number of hydrogen-bond acceptors (Lipinski definition) is 4. The summed E-state index contributed by atoms with van der Waals surface area (Å²) >= 11 is 0. The minimum atomic E-state index is -0.278. The summed E-state index contributed by atoms with van der Waals surface area (Å²) < 4.78 is 13.1. The van der Waals surface area contributed by atoms with Crippen molar-refractivity contribution in [2.45, 2.75) is 0 Å². The van der Waals surface area contributed by atoms with Crippen LogP contribution in [0.15, 0.2) is 67.5 Å². The van der Waals surface area contributed by atoms with E-state index in [9.17, 15) is 4.39 Å². The smallest absolute Gasteiger partial charge is 0.163 e. The van der Waals surface area contributed by atoms with Crippen molar-refractivity contribution in [1.29, 1.82) is 0 Å². The molecule has 0 aliphatic rings. The summed E-state index contributed by atoms with van der Waals surface area (Å²) in [6.45, 7) is 4.28. The number of halogens is 1. The summed E-state index contributed by atoms with van der Waals surface area (Å²) in [7, 11) is 0. The molecule has 0 unspecified atom stereocenters. The molecule has 4 nitrogen and oxygen atoms in total. The predicted octanol–water partition coefficient (Wildman–Crippen LogP) is 3.94. The van der Waals surface area contributed by atoms with E-state index in [1.54, 1.807) is 30.6 Å². The van der Waals surface area contributed by atoms with Gasteiger partial charge in [-0.2, -0.15) is 0 Å². The van der Waals surface area contributed by atoms with E-state index in [4.69, 9.17) is 0 Å². The third-order valence-electron chi connectivity index (χ3n) is 3.21. The van der Waals surface area contributed by atoms with E-state index in [0.717, 1.165) is 11.1 Å². The highest BCUT2D eigenvalue weighted by Gasteiger charge is 2.09. The van der Waals surface area contributed by atoms with E-state index in [0.29, 0.717) is 23.9 Å². The molecule has 23 heavy (non-hydrogen) atoms. The normalized spacial score (nSPS) is 10.3. The molecule has 0 spiro atoms. The van der Waals surface area contributed by atoms with Gasteiger partial charge in [0.1, 0.15) is 11.6 Å². The molecule has 2 heterocycles. The second-order valence-electron chi connectivity index (χ2n) is 4.88. The minimum Gasteiger partial charge on any atom is -0.366 e. The van der Waals surface area contributed by atoms with Gasteiger partial charge in [-0.25, -0.2) is 14.4 Å². The maximum absolute atomic E-state index is 13.1. The van der Waals surface area contributed by atoms with E-state index in [1.807, 2.05) is 18.2 Å². The van der Waals surface area contributed by atoms with Gasteiger partial charge < -0.3 is 5.32 Å². The lowest BCUT2D eigenvalue weighted by Gasteiger charge is -2.09. The Morgan fingerprint density at radius 2 is 1.91 bits per heavy atom. The van der Waals surface area contributed by atoms with Crippen molar-refractivity contribution in [3.05, 3.63) is 73.3 Å². The Kier molecular flexibility index (Phi) is 4.38. The zero-order valence-corrected chi connectivity index (χ0v) is 12.4. The molecule has 0 saturated carbocycles. The summed E-state index contributed by atoms with van der Waals surface area (Å²) in [6, 6.07) is 11.8. The molecule has 114 valence electrons. The highest BCUT2D eigenvalue weighted by Crippen LogP contribution is 2.24. The fourth-order valence-electron chi connectivity index (χ4n) is 2.11. The molecule has 0 atom stereocenters. The number of nitrogens with zero attached hydrogens (tertiary/aromatic N) is 3. The zero-order valence-electron chi connectivity index (χ0n) is 12.4. The van der Waals surface area contributed by atoms with Gasteiger partial charge in [0.15, 0.2) is 5.82 Å². The quantitative estimate of drug-likeness (QED) is 0.725. The first kappa shape index (κ1) is 14.8. The van der Waals surface area contributed by atoms with Crippen LogP contribution in [0.2, 0.25) is 0 Å². The average molecular weight is 306 g/mol. The van der Waals surface area contributed by atoms with Gasteiger partial charge in [0, 0.05) is 36.1 Å². The second-order valence-corrected chi connectivity index (χ2v) is 4.88. The van der Waals surface area contributed by atoms with Gasteiger partial charge in [-0.15, -0.1) is 6.58 Å². The molecule has 5 heteroatoms. The third-order valence-corrected chi connectivity index (χ3v) is 3.21. The molecule has 3 rings (SSSR count). The van der Waals surface area contributed by atoms with Crippen molar-refractivity contribution in [2.24, 2.45) is 0 Å². The maximum atomic E-state index is 13.1. The second kappa shape index (κ2) is 6.79. The van der Waals surface area contributed by atoms with Gasteiger partial charge in [0.2, 0.25) is 0 Å². The van der Waals surface area contributed by atoms with E-state index in [-0.39, 0.29) is 5.82 Å². The monoisotopic (exact) mass is 306 g/mol. The van der Waals surface area contributed by atoms with Gasteiger partial charge >= 0.3 is 0 Å². The number of nitrogens with one attached hydrogen (secondary N) is 1. The fraction of sp³-hybridized carbons (Fsp3) is 0.0556. The lowest BCUT2D eigenvalue weighted by Crippen LogP contribution is -2.03. The summed E-state index contributed by atoms with van der Waals surface area (Å²) in [5.74, 6) is 0.963. The first-order valence-electron chi connectivity index (χ1n) is 7.16. The van der Waals surface area contributed by atoms with Crippen LogP contribution >= 0.6 is 0 Å². The summed E-state index contributed by atoms with van der Waals surface area (Å²) in [4.78, 5) is 13.2. The summed E-state index contributed by atoms with van der Waals surface area (Å²) in [5, 5.41) is 3.16. The zero-order chi connectivity index (χ0) is 16.1. The number of rotatable bonds is 5. The lowest BCUT2D eigenvalue weighted by molar-refractivity contribution is 0.628. The van der Waals surface area contributed by atoms with Crippen LogP contribution in [0, 0.1) is 5.82 Å². The highest BCUT2D eigenvalue weighted by molar-refractivity contribution is 5.67. The van der Waals surface area contributed by atoms with Crippen LogP contribution in [0.5, 0.6) is 0 Å². The van der Waals surface area contributed by atoms with Crippen molar-refractivity contribution >= 4 is 5.82 Å². The molecule has 0 amide bonds. The van der Waals surface area contributed by atoms with Crippen molar-refractivity contribution < 1.29 is 4.39 Å². The van der Waals surface area contributed by atoms with Crippen molar-refractivity contribution in [2.75, 3.05) is 11.9 Å². The number of aromatic nitrogens is 3. The molecule has 3 aromatic rings. The largest absolute Gasteiger partial charge is 0.366 e. The molecule has 0 fully saturated rings. The van der Waals surface area contributed by atoms with Crippen LogP contribution in [0.25, 0.3) is 22.6 Å². The number of pyridine rings is 1. The molecule has 2 aromatic heterocycles. The first-order chi connectivity index (χ1) is 11.3. The number of hydrogen-bond donors (Lipinski definition) is 1. The first-order valence-corrected chi connectivity index (χ1v) is 7.16.